The molecule has 0 atom stereocenters. The number of carbonyl (C=O) groups is 2. The number of carbonyl (C=O) groups excluding carboxylic acids is 2. The van der Waals surface area contributed by atoms with Gasteiger partial charge < -0.3 is 24.8 Å². The molecule has 0 saturated heterocycles. The zero-order valence-corrected chi connectivity index (χ0v) is 17.6. The molecule has 0 unspecified atom stereocenters. The van der Waals surface area contributed by atoms with Crippen LogP contribution >= 0.6 is 0 Å². The third-order valence-corrected chi connectivity index (χ3v) is 4.57. The first-order chi connectivity index (χ1) is 15.1. The number of ether oxygens (including phenoxy) is 3. The second-order valence-electron chi connectivity index (χ2n) is 6.88. The third kappa shape index (κ3) is 6.37. The highest BCUT2D eigenvalue weighted by atomic mass is 16.7. The van der Waals surface area contributed by atoms with Gasteiger partial charge in [-0.2, -0.15) is 0 Å². The Morgan fingerprint density at radius 1 is 1.06 bits per heavy atom. The average molecular weight is 422 g/mol. The minimum atomic E-state index is -0.409. The molecule has 0 spiro atoms. The number of benzene rings is 2. The molecule has 7 heteroatoms. The summed E-state index contributed by atoms with van der Waals surface area (Å²) in [6.07, 6.45) is 6.48. The van der Waals surface area contributed by atoms with Gasteiger partial charge in [0.1, 0.15) is 11.4 Å². The lowest BCUT2D eigenvalue weighted by Crippen LogP contribution is -2.34. The molecular formula is C24H26N2O5. The number of hydrogen-bond acceptors (Lipinski definition) is 5. The lowest BCUT2D eigenvalue weighted by molar-refractivity contribution is -0.121. The number of unbranched alkanes of at least 4 members (excludes halogenated alkanes) is 1. The smallest absolute Gasteiger partial charge is 0.267 e. The van der Waals surface area contributed by atoms with Crippen molar-refractivity contribution in [3.63, 3.8) is 0 Å². The van der Waals surface area contributed by atoms with Crippen LogP contribution in [0.2, 0.25) is 0 Å². The van der Waals surface area contributed by atoms with Crippen LogP contribution in [0, 0.1) is 0 Å². The Morgan fingerprint density at radius 2 is 1.81 bits per heavy atom. The van der Waals surface area contributed by atoms with E-state index in [1.807, 2.05) is 31.2 Å². The molecule has 162 valence electrons. The van der Waals surface area contributed by atoms with Crippen LogP contribution in [0.15, 0.2) is 54.2 Å². The Bertz CT molecular complexity index is 980. The molecule has 2 aromatic rings. The highest BCUT2D eigenvalue weighted by molar-refractivity contribution is 6.04. The first kappa shape index (κ1) is 22.0. The summed E-state index contributed by atoms with van der Waals surface area (Å²) in [5.74, 6) is 1.23. The van der Waals surface area contributed by atoms with E-state index in [1.165, 1.54) is 6.08 Å². The highest BCUT2D eigenvalue weighted by Gasteiger charge is 2.15. The molecule has 3 rings (SSSR count). The first-order valence-electron chi connectivity index (χ1n) is 10.1. The lowest BCUT2D eigenvalue weighted by Gasteiger charge is -2.10. The van der Waals surface area contributed by atoms with Crippen molar-refractivity contribution in [1.82, 2.24) is 10.6 Å². The lowest BCUT2D eigenvalue weighted by atomic mass is 10.1. The van der Waals surface area contributed by atoms with Gasteiger partial charge in [0.2, 0.25) is 12.7 Å². The fraction of sp³-hybridized carbons (Fsp3) is 0.250. The summed E-state index contributed by atoms with van der Waals surface area (Å²) in [5, 5.41) is 5.51. The van der Waals surface area contributed by atoms with Crippen molar-refractivity contribution in [3.8, 4) is 17.2 Å². The van der Waals surface area contributed by atoms with Gasteiger partial charge in [-0.25, -0.2) is 0 Å². The molecule has 2 N–H and O–H groups in total. The van der Waals surface area contributed by atoms with Crippen molar-refractivity contribution >= 4 is 24.0 Å². The van der Waals surface area contributed by atoms with Gasteiger partial charge >= 0.3 is 0 Å². The summed E-state index contributed by atoms with van der Waals surface area (Å²) in [5.41, 5.74) is 1.70. The van der Waals surface area contributed by atoms with Crippen molar-refractivity contribution in [3.05, 3.63) is 65.4 Å². The number of rotatable bonds is 9. The Labute approximate surface area is 181 Å². The largest absolute Gasteiger partial charge is 0.497 e. The Balaban J connectivity index is 1.74. The van der Waals surface area contributed by atoms with E-state index in [1.54, 1.807) is 37.5 Å². The second kappa shape index (κ2) is 10.9. The van der Waals surface area contributed by atoms with Crippen LogP contribution in [0.4, 0.5) is 0 Å². The van der Waals surface area contributed by atoms with E-state index in [0.29, 0.717) is 23.6 Å². The van der Waals surface area contributed by atoms with Gasteiger partial charge in [0.05, 0.1) is 7.11 Å². The monoisotopic (exact) mass is 422 g/mol. The molecule has 0 aliphatic carbocycles. The molecule has 1 aliphatic rings. The SMILES string of the molecule is CCCCNC(=O)/C(=C/c1ccc2c(c1)OCO2)NC(=O)/C=C/c1ccc(OC)cc1. The van der Waals surface area contributed by atoms with E-state index in [2.05, 4.69) is 10.6 Å². The van der Waals surface area contributed by atoms with Gasteiger partial charge in [0.25, 0.3) is 5.91 Å². The number of hydrogen-bond donors (Lipinski definition) is 2. The van der Waals surface area contributed by atoms with Gasteiger partial charge in [-0.15, -0.1) is 0 Å². The molecule has 1 aliphatic heterocycles. The zero-order chi connectivity index (χ0) is 22.1. The van der Waals surface area contributed by atoms with Crippen LogP contribution in [-0.2, 0) is 9.59 Å². The number of amides is 2. The summed E-state index contributed by atoms with van der Waals surface area (Å²) in [4.78, 5) is 25.1. The molecule has 0 bridgehead atoms. The Morgan fingerprint density at radius 3 is 2.55 bits per heavy atom. The minimum absolute atomic E-state index is 0.152. The van der Waals surface area contributed by atoms with Crippen molar-refractivity contribution in [1.29, 1.82) is 0 Å². The van der Waals surface area contributed by atoms with Crippen LogP contribution in [0.3, 0.4) is 0 Å². The topological polar surface area (TPSA) is 85.9 Å². The predicted octanol–water partition coefficient (Wildman–Crippen LogP) is 3.51. The van der Waals surface area contributed by atoms with Gasteiger partial charge in [0.15, 0.2) is 11.5 Å². The van der Waals surface area contributed by atoms with Crippen LogP contribution in [-0.4, -0.2) is 32.3 Å². The van der Waals surface area contributed by atoms with Crippen molar-refractivity contribution in [2.24, 2.45) is 0 Å². The summed E-state index contributed by atoms with van der Waals surface area (Å²) < 4.78 is 15.8. The molecule has 2 amide bonds. The molecule has 0 aromatic heterocycles. The Kier molecular flexibility index (Phi) is 7.70. The van der Waals surface area contributed by atoms with Crippen LogP contribution < -0.4 is 24.8 Å². The second-order valence-corrected chi connectivity index (χ2v) is 6.88. The summed E-state index contributed by atoms with van der Waals surface area (Å²) in [6, 6.07) is 12.6. The molecular weight excluding hydrogens is 396 g/mol. The van der Waals surface area contributed by atoms with E-state index in [9.17, 15) is 9.59 Å². The molecule has 0 radical (unpaired) electrons. The van der Waals surface area contributed by atoms with Gasteiger partial charge in [-0.3, -0.25) is 9.59 Å². The minimum Gasteiger partial charge on any atom is -0.497 e. The predicted molar refractivity (Wildman–Crippen MR) is 119 cm³/mol. The zero-order valence-electron chi connectivity index (χ0n) is 17.6. The van der Waals surface area contributed by atoms with Crippen LogP contribution in [0.1, 0.15) is 30.9 Å². The molecule has 0 fully saturated rings. The van der Waals surface area contributed by atoms with Crippen LogP contribution in [0.5, 0.6) is 17.2 Å². The first-order valence-corrected chi connectivity index (χ1v) is 10.1. The van der Waals surface area contributed by atoms with Gasteiger partial charge in [-0.05, 0) is 54.0 Å². The van der Waals surface area contributed by atoms with Crippen LogP contribution in [0.25, 0.3) is 12.2 Å². The van der Waals surface area contributed by atoms with E-state index in [4.69, 9.17) is 14.2 Å². The standard InChI is InChI=1S/C24H26N2O5/c1-3-4-13-25-24(28)20(14-18-7-11-21-22(15-18)31-16-30-21)26-23(27)12-8-17-5-9-19(29-2)10-6-17/h5-12,14-15H,3-4,13,16H2,1-2H3,(H,25,28)(H,26,27)/b12-8+,20-14-. The van der Waals surface area contributed by atoms with E-state index in [-0.39, 0.29) is 18.4 Å². The summed E-state index contributed by atoms with van der Waals surface area (Å²) in [6.45, 7) is 2.74. The van der Waals surface area contributed by atoms with Gasteiger partial charge in [0, 0.05) is 12.6 Å². The van der Waals surface area contributed by atoms with Crippen molar-refractivity contribution in [2.45, 2.75) is 19.8 Å². The molecule has 0 saturated carbocycles. The maximum atomic E-state index is 12.6. The average Bonchev–Trinajstić information content (AvgIpc) is 3.25. The third-order valence-electron chi connectivity index (χ3n) is 4.57. The van der Waals surface area contributed by atoms with E-state index in [0.717, 1.165) is 24.2 Å². The highest BCUT2D eigenvalue weighted by Crippen LogP contribution is 2.33. The summed E-state index contributed by atoms with van der Waals surface area (Å²) >= 11 is 0. The fourth-order valence-electron chi connectivity index (χ4n) is 2.86. The number of methoxy groups -OCH3 is 1. The molecule has 2 aromatic carbocycles. The molecule has 7 nitrogen and oxygen atoms in total. The molecule has 31 heavy (non-hydrogen) atoms. The maximum absolute atomic E-state index is 12.6. The molecule has 1 heterocycles. The Hall–Kier alpha value is -3.74. The normalized spacial score (nSPS) is 12.6. The number of fused-ring (bicyclic) bond motifs is 1. The van der Waals surface area contributed by atoms with Crippen molar-refractivity contribution < 1.29 is 23.8 Å². The fourth-order valence-corrected chi connectivity index (χ4v) is 2.86. The van der Waals surface area contributed by atoms with Crippen molar-refractivity contribution in [2.75, 3.05) is 20.4 Å². The van der Waals surface area contributed by atoms with E-state index < -0.39 is 5.91 Å². The number of nitrogens with one attached hydrogen (secondary N) is 2. The maximum Gasteiger partial charge on any atom is 0.267 e. The van der Waals surface area contributed by atoms with E-state index >= 15 is 0 Å². The van der Waals surface area contributed by atoms with Gasteiger partial charge in [-0.1, -0.05) is 31.5 Å². The summed E-state index contributed by atoms with van der Waals surface area (Å²) in [7, 11) is 1.60. The quantitative estimate of drug-likeness (QED) is 0.477.